The zero-order chi connectivity index (χ0) is 14.5. The van der Waals surface area contributed by atoms with Crippen molar-refractivity contribution in [3.8, 4) is 0 Å². The van der Waals surface area contributed by atoms with Gasteiger partial charge in [-0.3, -0.25) is 4.79 Å². The number of hydrogen-bond donors (Lipinski definition) is 1. The van der Waals surface area contributed by atoms with Gasteiger partial charge in [-0.05, 0) is 37.9 Å². The summed E-state index contributed by atoms with van der Waals surface area (Å²) in [6.07, 6.45) is 6.49. The molecule has 114 valence electrons. The van der Waals surface area contributed by atoms with Crippen molar-refractivity contribution in [1.29, 1.82) is 0 Å². The van der Waals surface area contributed by atoms with E-state index in [4.69, 9.17) is 0 Å². The Balaban J connectivity index is 1.47. The summed E-state index contributed by atoms with van der Waals surface area (Å²) in [5.74, 6) is 1.65. The standard InChI is InChI=1S/C15H23N5O/c21-14(12-13-2-6-16-7-3-13)19-8-10-20(11-9-19)15-17-4-1-5-18-15/h1,4-5,13,16H,2-3,6-12H2. The Bertz CT molecular complexity index is 452. The van der Waals surface area contributed by atoms with Crippen molar-refractivity contribution in [1.82, 2.24) is 20.2 Å². The molecule has 2 fully saturated rings. The Hall–Kier alpha value is -1.69. The molecule has 0 unspecified atom stereocenters. The fraction of sp³-hybridized carbons (Fsp3) is 0.667. The summed E-state index contributed by atoms with van der Waals surface area (Å²) in [5.41, 5.74) is 0. The van der Waals surface area contributed by atoms with E-state index < -0.39 is 0 Å². The monoisotopic (exact) mass is 289 g/mol. The third kappa shape index (κ3) is 3.69. The van der Waals surface area contributed by atoms with Gasteiger partial charge in [0.2, 0.25) is 11.9 Å². The lowest BCUT2D eigenvalue weighted by Crippen LogP contribution is -2.49. The molecule has 0 aliphatic carbocycles. The van der Waals surface area contributed by atoms with Crippen LogP contribution in [0.15, 0.2) is 18.5 Å². The molecule has 2 aliphatic heterocycles. The van der Waals surface area contributed by atoms with Crippen LogP contribution in [0.3, 0.4) is 0 Å². The van der Waals surface area contributed by atoms with Crippen LogP contribution in [0.25, 0.3) is 0 Å². The Morgan fingerprint density at radius 2 is 1.81 bits per heavy atom. The molecule has 0 radical (unpaired) electrons. The molecule has 1 N–H and O–H groups in total. The van der Waals surface area contributed by atoms with Crippen LogP contribution >= 0.6 is 0 Å². The van der Waals surface area contributed by atoms with Gasteiger partial charge in [0.1, 0.15) is 0 Å². The smallest absolute Gasteiger partial charge is 0.225 e. The van der Waals surface area contributed by atoms with Crippen LogP contribution in [0.5, 0.6) is 0 Å². The Morgan fingerprint density at radius 3 is 2.48 bits per heavy atom. The zero-order valence-corrected chi connectivity index (χ0v) is 12.4. The molecule has 0 aromatic carbocycles. The third-order valence-electron chi connectivity index (χ3n) is 4.39. The minimum absolute atomic E-state index is 0.315. The van der Waals surface area contributed by atoms with E-state index in [0.717, 1.165) is 58.1 Å². The van der Waals surface area contributed by atoms with Crippen molar-refractivity contribution >= 4 is 11.9 Å². The average molecular weight is 289 g/mol. The van der Waals surface area contributed by atoms with E-state index in [1.54, 1.807) is 12.4 Å². The topological polar surface area (TPSA) is 61.4 Å². The maximum Gasteiger partial charge on any atom is 0.225 e. The first-order valence-electron chi connectivity index (χ1n) is 7.83. The number of carbonyl (C=O) groups excluding carboxylic acids is 1. The number of amides is 1. The molecule has 0 atom stereocenters. The number of piperazine rings is 1. The normalized spacial score (nSPS) is 20.6. The second-order valence-corrected chi connectivity index (χ2v) is 5.81. The minimum atomic E-state index is 0.315. The van der Waals surface area contributed by atoms with E-state index >= 15 is 0 Å². The number of anilines is 1. The van der Waals surface area contributed by atoms with E-state index in [0.29, 0.717) is 18.2 Å². The third-order valence-corrected chi connectivity index (χ3v) is 4.39. The first-order valence-corrected chi connectivity index (χ1v) is 7.83. The van der Waals surface area contributed by atoms with Crippen LogP contribution in [0.4, 0.5) is 5.95 Å². The highest BCUT2D eigenvalue weighted by atomic mass is 16.2. The highest BCUT2D eigenvalue weighted by Crippen LogP contribution is 2.18. The molecular weight excluding hydrogens is 266 g/mol. The zero-order valence-electron chi connectivity index (χ0n) is 12.4. The highest BCUT2D eigenvalue weighted by Gasteiger charge is 2.25. The molecule has 0 spiro atoms. The number of piperidine rings is 1. The van der Waals surface area contributed by atoms with Crippen molar-refractivity contribution in [3.05, 3.63) is 18.5 Å². The number of aromatic nitrogens is 2. The summed E-state index contributed by atoms with van der Waals surface area (Å²) in [5, 5.41) is 3.35. The van der Waals surface area contributed by atoms with Gasteiger partial charge in [0.25, 0.3) is 0 Å². The van der Waals surface area contributed by atoms with E-state index in [2.05, 4.69) is 20.2 Å². The number of carbonyl (C=O) groups is 1. The van der Waals surface area contributed by atoms with E-state index in [9.17, 15) is 4.79 Å². The van der Waals surface area contributed by atoms with Gasteiger partial charge in [-0.25, -0.2) is 9.97 Å². The molecule has 3 rings (SSSR count). The van der Waals surface area contributed by atoms with Gasteiger partial charge >= 0.3 is 0 Å². The molecule has 0 bridgehead atoms. The molecule has 21 heavy (non-hydrogen) atoms. The maximum absolute atomic E-state index is 12.4. The van der Waals surface area contributed by atoms with Crippen molar-refractivity contribution in [2.24, 2.45) is 5.92 Å². The summed E-state index contributed by atoms with van der Waals surface area (Å²) >= 11 is 0. The van der Waals surface area contributed by atoms with Crippen molar-refractivity contribution in [3.63, 3.8) is 0 Å². The van der Waals surface area contributed by atoms with Crippen LogP contribution in [-0.4, -0.2) is 60.0 Å². The van der Waals surface area contributed by atoms with Crippen molar-refractivity contribution in [2.75, 3.05) is 44.2 Å². The highest BCUT2D eigenvalue weighted by molar-refractivity contribution is 5.76. The van der Waals surface area contributed by atoms with E-state index in [1.165, 1.54) is 0 Å². The minimum Gasteiger partial charge on any atom is -0.339 e. The van der Waals surface area contributed by atoms with Crippen LogP contribution in [0.2, 0.25) is 0 Å². The predicted molar refractivity (Wildman–Crippen MR) is 81.0 cm³/mol. The second-order valence-electron chi connectivity index (χ2n) is 5.81. The molecule has 1 amide bonds. The maximum atomic E-state index is 12.4. The lowest BCUT2D eigenvalue weighted by molar-refractivity contribution is -0.132. The lowest BCUT2D eigenvalue weighted by Gasteiger charge is -2.35. The van der Waals surface area contributed by atoms with Gasteiger partial charge < -0.3 is 15.1 Å². The Labute approximate surface area is 125 Å². The predicted octanol–water partition coefficient (Wildman–Crippen LogP) is 0.515. The molecule has 0 saturated carbocycles. The van der Waals surface area contributed by atoms with Gasteiger partial charge in [-0.15, -0.1) is 0 Å². The van der Waals surface area contributed by atoms with Crippen LogP contribution in [-0.2, 0) is 4.79 Å². The number of nitrogens with one attached hydrogen (secondary N) is 1. The number of nitrogens with zero attached hydrogens (tertiary/aromatic N) is 4. The molecule has 1 aromatic rings. The van der Waals surface area contributed by atoms with E-state index in [-0.39, 0.29) is 0 Å². The molecule has 3 heterocycles. The molecule has 6 nitrogen and oxygen atoms in total. The fourth-order valence-electron chi connectivity index (χ4n) is 3.07. The van der Waals surface area contributed by atoms with Crippen LogP contribution in [0.1, 0.15) is 19.3 Å². The molecule has 2 aliphatic rings. The summed E-state index contributed by atoms with van der Waals surface area (Å²) in [7, 11) is 0. The van der Waals surface area contributed by atoms with Gasteiger partial charge in [0, 0.05) is 45.0 Å². The van der Waals surface area contributed by atoms with E-state index in [1.807, 2.05) is 11.0 Å². The number of hydrogen-bond acceptors (Lipinski definition) is 5. The van der Waals surface area contributed by atoms with Crippen molar-refractivity contribution in [2.45, 2.75) is 19.3 Å². The molecule has 1 aromatic heterocycles. The quantitative estimate of drug-likeness (QED) is 0.879. The number of rotatable bonds is 3. The lowest BCUT2D eigenvalue weighted by atomic mass is 9.94. The van der Waals surface area contributed by atoms with Crippen LogP contribution < -0.4 is 10.2 Å². The van der Waals surface area contributed by atoms with Gasteiger partial charge in [0.15, 0.2) is 0 Å². The fourth-order valence-corrected chi connectivity index (χ4v) is 3.07. The summed E-state index contributed by atoms with van der Waals surface area (Å²) in [6.45, 7) is 5.31. The van der Waals surface area contributed by atoms with Crippen molar-refractivity contribution < 1.29 is 4.79 Å². The van der Waals surface area contributed by atoms with Gasteiger partial charge in [-0.2, -0.15) is 0 Å². The molecule has 2 saturated heterocycles. The molecular formula is C15H23N5O. The largest absolute Gasteiger partial charge is 0.339 e. The van der Waals surface area contributed by atoms with Crippen LogP contribution in [0, 0.1) is 5.92 Å². The first-order chi connectivity index (χ1) is 10.3. The first kappa shape index (κ1) is 14.3. The van der Waals surface area contributed by atoms with Gasteiger partial charge in [-0.1, -0.05) is 0 Å². The SMILES string of the molecule is O=C(CC1CCNCC1)N1CCN(c2ncccn2)CC1. The second kappa shape index (κ2) is 6.85. The summed E-state index contributed by atoms with van der Waals surface area (Å²) in [4.78, 5) is 25.1. The Morgan fingerprint density at radius 1 is 1.14 bits per heavy atom. The average Bonchev–Trinajstić information content (AvgIpc) is 2.57. The summed E-state index contributed by atoms with van der Waals surface area (Å²) < 4.78 is 0. The van der Waals surface area contributed by atoms with Gasteiger partial charge in [0.05, 0.1) is 0 Å². The summed E-state index contributed by atoms with van der Waals surface area (Å²) in [6, 6.07) is 1.82. The molecule has 6 heteroatoms. The Kier molecular flexibility index (Phi) is 4.65.